The second-order valence-electron chi connectivity index (χ2n) is 4.77. The van der Waals surface area contributed by atoms with Crippen LogP contribution in [-0.2, 0) is 0 Å². The number of hydrogen-bond acceptors (Lipinski definition) is 4. The van der Waals surface area contributed by atoms with E-state index in [0.29, 0.717) is 17.4 Å². The summed E-state index contributed by atoms with van der Waals surface area (Å²) in [5, 5.41) is 9.82. The maximum Gasteiger partial charge on any atom is 0.128 e. The summed E-state index contributed by atoms with van der Waals surface area (Å²) in [4.78, 5) is 5.09. The number of nitriles is 1. The maximum absolute atomic E-state index is 8.95. The lowest BCUT2D eigenvalue weighted by molar-refractivity contribution is 0.271. The van der Waals surface area contributed by atoms with E-state index in [9.17, 15) is 0 Å². The first kappa shape index (κ1) is 13.6. The fraction of sp³-hybridized carbons (Fsp3) is 0.333. The molecule has 2 rings (SSSR count). The summed E-state index contributed by atoms with van der Waals surface area (Å²) in [5.74, 6) is 1.38. The summed E-state index contributed by atoms with van der Waals surface area (Å²) in [6.45, 7) is 6.82. The van der Waals surface area contributed by atoms with Crippen LogP contribution in [0.1, 0.15) is 24.4 Å². The van der Waals surface area contributed by atoms with Crippen LogP contribution in [0, 0.1) is 24.2 Å². The summed E-state index contributed by atoms with van der Waals surface area (Å²) in [6.07, 6.45) is 0. The number of aromatic nitrogens is 1. The molecular weight excluding hydrogens is 256 g/mol. The van der Waals surface area contributed by atoms with Crippen molar-refractivity contribution in [3.05, 3.63) is 34.8 Å². The molecule has 0 spiro atoms. The third kappa shape index (κ3) is 3.33. The van der Waals surface area contributed by atoms with Crippen molar-refractivity contribution < 1.29 is 4.74 Å². The van der Waals surface area contributed by atoms with E-state index in [4.69, 9.17) is 10.00 Å². The van der Waals surface area contributed by atoms with E-state index in [0.717, 1.165) is 22.0 Å². The summed E-state index contributed by atoms with van der Waals surface area (Å²) >= 11 is 1.42. The van der Waals surface area contributed by atoms with Crippen molar-refractivity contribution in [1.82, 2.24) is 4.98 Å². The van der Waals surface area contributed by atoms with E-state index >= 15 is 0 Å². The monoisotopic (exact) mass is 272 g/mol. The lowest BCUT2D eigenvalue weighted by Crippen LogP contribution is -2.04. The van der Waals surface area contributed by atoms with Crippen LogP contribution in [0.4, 0.5) is 0 Å². The molecule has 1 heterocycles. The molecule has 1 aromatic heterocycles. The predicted octanol–water partition coefficient (Wildman–Crippen LogP) is 4.03. The number of hydrogen-bond donors (Lipinski definition) is 0. The molecule has 0 N–H and O–H groups in total. The Balaban J connectivity index is 2.15. The van der Waals surface area contributed by atoms with Crippen molar-refractivity contribution in [2.24, 2.45) is 5.92 Å². The zero-order chi connectivity index (χ0) is 13.8. The van der Waals surface area contributed by atoms with Crippen LogP contribution in [-0.4, -0.2) is 11.6 Å². The highest BCUT2D eigenvalue weighted by molar-refractivity contribution is 7.15. The molecule has 4 heteroatoms. The minimum atomic E-state index is 0.513. The van der Waals surface area contributed by atoms with Gasteiger partial charge < -0.3 is 4.74 Å². The molecule has 0 aliphatic rings. The van der Waals surface area contributed by atoms with E-state index in [1.807, 2.05) is 31.2 Å². The highest BCUT2D eigenvalue weighted by Gasteiger charge is 2.08. The SMILES string of the molecule is Cc1nc(-c2ccc(OCC(C)C)cc2)sc1C#N. The van der Waals surface area contributed by atoms with Gasteiger partial charge in [0.25, 0.3) is 0 Å². The van der Waals surface area contributed by atoms with E-state index in [2.05, 4.69) is 24.9 Å². The molecule has 0 aliphatic carbocycles. The van der Waals surface area contributed by atoms with Gasteiger partial charge in [0.1, 0.15) is 21.7 Å². The summed E-state index contributed by atoms with van der Waals surface area (Å²) in [6, 6.07) is 10.0. The fourth-order valence-corrected chi connectivity index (χ4v) is 2.45. The normalized spacial score (nSPS) is 10.5. The summed E-state index contributed by atoms with van der Waals surface area (Å²) in [5.41, 5.74) is 1.81. The van der Waals surface area contributed by atoms with Gasteiger partial charge in [0.05, 0.1) is 12.3 Å². The molecule has 3 nitrogen and oxygen atoms in total. The predicted molar refractivity (Wildman–Crippen MR) is 77.3 cm³/mol. The largest absolute Gasteiger partial charge is 0.493 e. The highest BCUT2D eigenvalue weighted by atomic mass is 32.1. The minimum absolute atomic E-state index is 0.513. The number of ether oxygens (including phenoxy) is 1. The first-order chi connectivity index (χ1) is 9.10. The Hall–Kier alpha value is -1.86. The Kier molecular flexibility index (Phi) is 4.18. The molecule has 0 radical (unpaired) electrons. The number of thiazole rings is 1. The molecule has 0 aliphatic heterocycles. The Morgan fingerprint density at radius 3 is 2.53 bits per heavy atom. The molecule has 0 amide bonds. The molecule has 0 bridgehead atoms. The molecular formula is C15H16N2OS. The molecule has 0 unspecified atom stereocenters. The van der Waals surface area contributed by atoms with Gasteiger partial charge in [-0.25, -0.2) is 4.98 Å². The minimum Gasteiger partial charge on any atom is -0.493 e. The van der Waals surface area contributed by atoms with Gasteiger partial charge in [-0.15, -0.1) is 11.3 Å². The molecule has 2 aromatic rings. The van der Waals surface area contributed by atoms with Gasteiger partial charge in [-0.1, -0.05) is 13.8 Å². The van der Waals surface area contributed by atoms with Crippen molar-refractivity contribution in [2.75, 3.05) is 6.61 Å². The molecule has 0 fully saturated rings. The van der Waals surface area contributed by atoms with Gasteiger partial charge in [0.2, 0.25) is 0 Å². The lowest BCUT2D eigenvalue weighted by atomic mass is 10.2. The second kappa shape index (κ2) is 5.85. The number of nitrogens with zero attached hydrogens (tertiary/aromatic N) is 2. The average Bonchev–Trinajstić information content (AvgIpc) is 2.78. The number of rotatable bonds is 4. The lowest BCUT2D eigenvalue weighted by Gasteiger charge is -2.08. The van der Waals surface area contributed by atoms with Gasteiger partial charge in [0.15, 0.2) is 0 Å². The van der Waals surface area contributed by atoms with Gasteiger partial charge in [-0.05, 0) is 37.1 Å². The molecule has 0 atom stereocenters. The van der Waals surface area contributed by atoms with E-state index in [-0.39, 0.29) is 0 Å². The first-order valence-electron chi connectivity index (χ1n) is 6.21. The summed E-state index contributed by atoms with van der Waals surface area (Å²) < 4.78 is 5.64. The van der Waals surface area contributed by atoms with Gasteiger partial charge in [-0.2, -0.15) is 5.26 Å². The third-order valence-electron chi connectivity index (χ3n) is 2.58. The van der Waals surface area contributed by atoms with Crippen LogP contribution in [0.25, 0.3) is 10.6 Å². The third-order valence-corrected chi connectivity index (χ3v) is 3.69. The van der Waals surface area contributed by atoms with Crippen molar-refractivity contribution in [3.8, 4) is 22.4 Å². The van der Waals surface area contributed by atoms with Crippen molar-refractivity contribution >= 4 is 11.3 Å². The Labute approximate surface area is 117 Å². The second-order valence-corrected chi connectivity index (χ2v) is 5.77. The molecule has 98 valence electrons. The summed E-state index contributed by atoms with van der Waals surface area (Å²) in [7, 11) is 0. The molecule has 19 heavy (non-hydrogen) atoms. The standard InChI is InChI=1S/C15H16N2OS/c1-10(2)9-18-13-6-4-12(5-7-13)15-17-11(3)14(8-16)19-15/h4-7,10H,9H2,1-3H3. The van der Waals surface area contributed by atoms with Crippen LogP contribution in [0.5, 0.6) is 5.75 Å². The molecule has 0 saturated carbocycles. The smallest absolute Gasteiger partial charge is 0.128 e. The van der Waals surface area contributed by atoms with Crippen LogP contribution in [0.15, 0.2) is 24.3 Å². The Morgan fingerprint density at radius 2 is 2.00 bits per heavy atom. The van der Waals surface area contributed by atoms with Crippen LogP contribution < -0.4 is 4.74 Å². The van der Waals surface area contributed by atoms with E-state index in [1.165, 1.54) is 11.3 Å². The van der Waals surface area contributed by atoms with E-state index < -0.39 is 0 Å². The van der Waals surface area contributed by atoms with E-state index in [1.54, 1.807) is 0 Å². The zero-order valence-electron chi connectivity index (χ0n) is 11.3. The van der Waals surface area contributed by atoms with Gasteiger partial charge >= 0.3 is 0 Å². The highest BCUT2D eigenvalue weighted by Crippen LogP contribution is 2.28. The molecule has 0 saturated heterocycles. The van der Waals surface area contributed by atoms with Crippen LogP contribution in [0.2, 0.25) is 0 Å². The number of aryl methyl sites for hydroxylation is 1. The molecule has 1 aromatic carbocycles. The average molecular weight is 272 g/mol. The van der Waals surface area contributed by atoms with Crippen molar-refractivity contribution in [3.63, 3.8) is 0 Å². The van der Waals surface area contributed by atoms with Gasteiger partial charge in [0, 0.05) is 5.56 Å². The fourth-order valence-electron chi connectivity index (χ4n) is 1.58. The van der Waals surface area contributed by atoms with Gasteiger partial charge in [-0.3, -0.25) is 0 Å². The number of benzene rings is 1. The topological polar surface area (TPSA) is 45.9 Å². The van der Waals surface area contributed by atoms with Crippen molar-refractivity contribution in [1.29, 1.82) is 5.26 Å². The van der Waals surface area contributed by atoms with Crippen molar-refractivity contribution in [2.45, 2.75) is 20.8 Å². The maximum atomic E-state index is 8.95. The van der Waals surface area contributed by atoms with Crippen LogP contribution in [0.3, 0.4) is 0 Å². The quantitative estimate of drug-likeness (QED) is 0.844. The van der Waals surface area contributed by atoms with Crippen LogP contribution >= 0.6 is 11.3 Å². The zero-order valence-corrected chi connectivity index (χ0v) is 12.1. The Morgan fingerprint density at radius 1 is 1.32 bits per heavy atom. The Bertz CT molecular complexity index is 594. The first-order valence-corrected chi connectivity index (χ1v) is 7.02.